The van der Waals surface area contributed by atoms with E-state index in [-0.39, 0.29) is 11.4 Å². The van der Waals surface area contributed by atoms with E-state index in [0.717, 1.165) is 22.3 Å². The third-order valence-corrected chi connectivity index (χ3v) is 5.38. The van der Waals surface area contributed by atoms with Crippen LogP contribution in [-0.4, -0.2) is 21.8 Å². The van der Waals surface area contributed by atoms with Crippen molar-refractivity contribution in [2.24, 2.45) is 0 Å². The van der Waals surface area contributed by atoms with Gasteiger partial charge in [-0.2, -0.15) is 11.3 Å². The molecule has 2 aromatic heterocycles. The van der Waals surface area contributed by atoms with Gasteiger partial charge in [0, 0.05) is 29.3 Å². The van der Waals surface area contributed by atoms with Gasteiger partial charge in [0.15, 0.2) is 11.4 Å². The number of rotatable bonds is 5. The van der Waals surface area contributed by atoms with Gasteiger partial charge < -0.3 is 10.6 Å². The summed E-state index contributed by atoms with van der Waals surface area (Å²) in [6, 6.07) is 15.2. The van der Waals surface area contributed by atoms with Crippen molar-refractivity contribution in [3.05, 3.63) is 94.2 Å². The summed E-state index contributed by atoms with van der Waals surface area (Å²) in [4.78, 5) is 34.1. The molecule has 0 aliphatic rings. The molecule has 2 heterocycles. The quantitative estimate of drug-likeness (QED) is 0.450. The molecule has 6 nitrogen and oxygen atoms in total. The molecule has 4 aromatic rings. The van der Waals surface area contributed by atoms with Crippen molar-refractivity contribution in [3.8, 4) is 11.1 Å². The molecule has 0 atom stereocenters. The molecule has 0 radical (unpaired) electrons. The maximum absolute atomic E-state index is 13.1. The lowest BCUT2D eigenvalue weighted by molar-refractivity contribution is 0.0983. The Labute approximate surface area is 184 Å². The first-order valence-corrected chi connectivity index (χ1v) is 10.6. The van der Waals surface area contributed by atoms with Gasteiger partial charge in [0.25, 0.3) is 11.8 Å². The number of aromatic nitrogens is 2. The van der Waals surface area contributed by atoms with Gasteiger partial charge >= 0.3 is 0 Å². The van der Waals surface area contributed by atoms with Gasteiger partial charge in [-0.15, -0.1) is 0 Å². The minimum Gasteiger partial charge on any atom is -0.321 e. The van der Waals surface area contributed by atoms with Crippen LogP contribution in [-0.2, 0) is 0 Å². The number of nitrogens with one attached hydrogen (secondary N) is 2. The summed E-state index contributed by atoms with van der Waals surface area (Å²) in [5.41, 5.74) is 5.27. The first-order valence-electron chi connectivity index (χ1n) is 9.65. The van der Waals surface area contributed by atoms with Crippen molar-refractivity contribution >= 4 is 34.5 Å². The highest BCUT2D eigenvalue weighted by Gasteiger charge is 2.21. The number of hydrogen-bond donors (Lipinski definition) is 2. The van der Waals surface area contributed by atoms with Crippen molar-refractivity contribution in [2.75, 3.05) is 10.6 Å². The first kappa shape index (κ1) is 20.4. The molecule has 2 amide bonds. The second-order valence-electron chi connectivity index (χ2n) is 7.09. The van der Waals surface area contributed by atoms with Gasteiger partial charge in [-0.3, -0.25) is 9.59 Å². The van der Waals surface area contributed by atoms with Crippen LogP contribution in [0.4, 0.5) is 11.4 Å². The molecule has 0 spiro atoms. The van der Waals surface area contributed by atoms with Crippen LogP contribution in [0.5, 0.6) is 0 Å². The van der Waals surface area contributed by atoms with Crippen LogP contribution in [0.15, 0.2) is 71.7 Å². The van der Waals surface area contributed by atoms with Crippen molar-refractivity contribution in [3.63, 3.8) is 0 Å². The smallest absolute Gasteiger partial charge is 0.276 e. The van der Waals surface area contributed by atoms with Gasteiger partial charge in [0.1, 0.15) is 0 Å². The van der Waals surface area contributed by atoms with Gasteiger partial charge in [0.05, 0.1) is 0 Å². The van der Waals surface area contributed by atoms with E-state index in [1.54, 1.807) is 23.5 Å². The molecule has 7 heteroatoms. The van der Waals surface area contributed by atoms with Crippen LogP contribution in [0.3, 0.4) is 0 Å². The molecule has 154 valence electrons. The summed E-state index contributed by atoms with van der Waals surface area (Å²) in [7, 11) is 0. The lowest BCUT2D eigenvalue weighted by Crippen LogP contribution is -2.23. The molecule has 0 saturated carbocycles. The second kappa shape index (κ2) is 8.89. The third-order valence-electron chi connectivity index (χ3n) is 4.69. The lowest BCUT2D eigenvalue weighted by atomic mass is 10.0. The Hall–Kier alpha value is -3.84. The van der Waals surface area contributed by atoms with Crippen LogP contribution >= 0.6 is 11.3 Å². The van der Waals surface area contributed by atoms with E-state index >= 15 is 0 Å². The zero-order valence-electron chi connectivity index (χ0n) is 17.0. The van der Waals surface area contributed by atoms with Crippen LogP contribution in [0, 0.1) is 13.8 Å². The molecular formula is C24H20N4O2S. The number of benzene rings is 2. The van der Waals surface area contributed by atoms with Crippen LogP contribution < -0.4 is 10.6 Å². The number of aryl methyl sites for hydroxylation is 2. The van der Waals surface area contributed by atoms with Crippen LogP contribution in [0.2, 0.25) is 0 Å². The maximum atomic E-state index is 13.1. The van der Waals surface area contributed by atoms with Gasteiger partial charge in [-0.1, -0.05) is 29.3 Å². The Balaban J connectivity index is 1.61. The van der Waals surface area contributed by atoms with Crippen LogP contribution in [0.25, 0.3) is 11.1 Å². The van der Waals surface area contributed by atoms with Gasteiger partial charge in [-0.05, 0) is 60.5 Å². The number of nitrogens with zero attached hydrogens (tertiary/aromatic N) is 2. The van der Waals surface area contributed by atoms with E-state index in [0.29, 0.717) is 11.4 Å². The Morgan fingerprint density at radius 2 is 1.45 bits per heavy atom. The fourth-order valence-corrected chi connectivity index (χ4v) is 3.76. The minimum absolute atomic E-state index is 0.0372. The first-order chi connectivity index (χ1) is 15.0. The van der Waals surface area contributed by atoms with E-state index in [9.17, 15) is 9.59 Å². The monoisotopic (exact) mass is 428 g/mol. The maximum Gasteiger partial charge on any atom is 0.276 e. The third kappa shape index (κ3) is 4.67. The summed E-state index contributed by atoms with van der Waals surface area (Å²) in [5.74, 6) is -0.994. The van der Waals surface area contributed by atoms with E-state index in [1.165, 1.54) is 12.4 Å². The SMILES string of the molecule is Cc1ccc(NC(=O)c2nccnc2C(=O)Nc2ccc(C)cc2-c2ccsc2)cc1. The average molecular weight is 429 g/mol. The fourth-order valence-electron chi connectivity index (χ4n) is 3.10. The summed E-state index contributed by atoms with van der Waals surface area (Å²) in [5, 5.41) is 9.66. The zero-order valence-corrected chi connectivity index (χ0v) is 17.9. The summed E-state index contributed by atoms with van der Waals surface area (Å²) >= 11 is 1.58. The second-order valence-corrected chi connectivity index (χ2v) is 7.87. The van der Waals surface area contributed by atoms with Crippen LogP contribution in [0.1, 0.15) is 32.1 Å². The number of anilines is 2. The van der Waals surface area contributed by atoms with Crippen molar-refractivity contribution in [1.82, 2.24) is 9.97 Å². The van der Waals surface area contributed by atoms with Crippen molar-refractivity contribution < 1.29 is 9.59 Å². The van der Waals surface area contributed by atoms with E-state index in [4.69, 9.17) is 0 Å². The highest BCUT2D eigenvalue weighted by molar-refractivity contribution is 7.08. The fraction of sp³-hybridized carbons (Fsp3) is 0.0833. The topological polar surface area (TPSA) is 84.0 Å². The predicted octanol–water partition coefficient (Wildman–Crippen LogP) is 5.33. The molecule has 2 aromatic carbocycles. The standard InChI is InChI=1S/C24H20N4O2S/c1-15-3-6-18(7-4-15)27-23(29)21-22(26-11-10-25-21)24(30)28-20-8-5-16(2)13-19(20)17-9-12-31-14-17/h3-14H,1-2H3,(H,27,29)(H,28,30). The number of thiophene rings is 1. The largest absolute Gasteiger partial charge is 0.321 e. The van der Waals surface area contributed by atoms with Crippen molar-refractivity contribution in [1.29, 1.82) is 0 Å². The summed E-state index contributed by atoms with van der Waals surface area (Å²) < 4.78 is 0. The Morgan fingerprint density at radius 1 is 0.806 bits per heavy atom. The molecule has 0 fully saturated rings. The van der Waals surface area contributed by atoms with E-state index in [1.807, 2.05) is 61.0 Å². The molecule has 0 aliphatic carbocycles. The number of carbonyl (C=O) groups excluding carboxylic acids is 2. The average Bonchev–Trinajstić information content (AvgIpc) is 3.31. The summed E-state index contributed by atoms with van der Waals surface area (Å²) in [6.07, 6.45) is 2.79. The Kier molecular flexibility index (Phi) is 5.86. The number of carbonyl (C=O) groups is 2. The molecule has 0 aliphatic heterocycles. The molecule has 31 heavy (non-hydrogen) atoms. The minimum atomic E-state index is -0.498. The molecule has 4 rings (SSSR count). The van der Waals surface area contributed by atoms with Crippen molar-refractivity contribution in [2.45, 2.75) is 13.8 Å². The number of amides is 2. The summed E-state index contributed by atoms with van der Waals surface area (Å²) in [6.45, 7) is 3.96. The predicted molar refractivity (Wildman–Crippen MR) is 124 cm³/mol. The molecule has 0 bridgehead atoms. The zero-order chi connectivity index (χ0) is 21.8. The molecule has 0 unspecified atom stereocenters. The highest BCUT2D eigenvalue weighted by Crippen LogP contribution is 2.31. The molecular weight excluding hydrogens is 408 g/mol. The Morgan fingerprint density at radius 3 is 2.10 bits per heavy atom. The van der Waals surface area contributed by atoms with Gasteiger partial charge in [-0.25, -0.2) is 9.97 Å². The Bertz CT molecular complexity index is 1230. The molecule has 2 N–H and O–H groups in total. The van der Waals surface area contributed by atoms with E-state index in [2.05, 4.69) is 20.6 Å². The normalized spacial score (nSPS) is 10.5. The lowest BCUT2D eigenvalue weighted by Gasteiger charge is -2.13. The highest BCUT2D eigenvalue weighted by atomic mass is 32.1. The van der Waals surface area contributed by atoms with E-state index < -0.39 is 11.8 Å². The molecule has 0 saturated heterocycles. The number of hydrogen-bond acceptors (Lipinski definition) is 5. The van der Waals surface area contributed by atoms with Gasteiger partial charge in [0.2, 0.25) is 0 Å².